The molecule has 4 aliphatic rings. The molecule has 0 aromatic heterocycles. The van der Waals surface area contributed by atoms with Gasteiger partial charge in [0.1, 0.15) is 0 Å². The summed E-state index contributed by atoms with van der Waals surface area (Å²) < 4.78 is 0. The van der Waals surface area contributed by atoms with Gasteiger partial charge in [0.15, 0.2) is 0 Å². The van der Waals surface area contributed by atoms with E-state index in [-0.39, 0.29) is 17.3 Å². The maximum Gasteiger partial charge on any atom is 0.0601 e. The quantitative estimate of drug-likeness (QED) is 0.460. The number of aliphatic hydroxyl groups excluding tert-OH is 4. The van der Waals surface area contributed by atoms with Crippen LogP contribution in [0.15, 0.2) is 0 Å². The molecule has 1 spiro atoms. The SMILES string of the molecule is OC1CC2CC(O)C3C(O)CC4CC(O)C1C243. The molecule has 4 heteroatoms. The van der Waals surface area contributed by atoms with E-state index in [4.69, 9.17) is 0 Å². The van der Waals surface area contributed by atoms with Crippen LogP contribution in [0, 0.1) is 29.1 Å². The summed E-state index contributed by atoms with van der Waals surface area (Å²) >= 11 is 0. The van der Waals surface area contributed by atoms with E-state index in [1.165, 1.54) is 0 Å². The Bertz CT molecular complexity index is 299. The molecule has 0 aliphatic heterocycles. The van der Waals surface area contributed by atoms with Crippen molar-refractivity contribution in [1.29, 1.82) is 0 Å². The van der Waals surface area contributed by atoms with Crippen molar-refractivity contribution in [2.45, 2.75) is 50.1 Å². The zero-order chi connectivity index (χ0) is 11.9. The van der Waals surface area contributed by atoms with Crippen molar-refractivity contribution in [2.75, 3.05) is 0 Å². The Morgan fingerprint density at radius 2 is 0.882 bits per heavy atom. The van der Waals surface area contributed by atoms with Gasteiger partial charge in [0.2, 0.25) is 0 Å². The number of hydrogen-bond donors (Lipinski definition) is 4. The predicted molar refractivity (Wildman–Crippen MR) is 58.9 cm³/mol. The second-order valence-corrected chi connectivity index (χ2v) is 6.66. The number of aliphatic hydroxyl groups is 4. The molecule has 4 rings (SSSR count). The van der Waals surface area contributed by atoms with Gasteiger partial charge >= 0.3 is 0 Å². The van der Waals surface area contributed by atoms with E-state index in [1.807, 2.05) is 0 Å². The fourth-order valence-electron chi connectivity index (χ4n) is 6.25. The molecule has 17 heavy (non-hydrogen) atoms. The molecule has 4 atom stereocenters. The molecule has 0 aromatic carbocycles. The van der Waals surface area contributed by atoms with Gasteiger partial charge in [-0.2, -0.15) is 0 Å². The summed E-state index contributed by atoms with van der Waals surface area (Å²) in [5, 5.41) is 40.7. The van der Waals surface area contributed by atoms with E-state index >= 15 is 0 Å². The van der Waals surface area contributed by atoms with Crippen molar-refractivity contribution >= 4 is 0 Å². The van der Waals surface area contributed by atoms with Gasteiger partial charge in [-0.25, -0.2) is 0 Å². The fourth-order valence-corrected chi connectivity index (χ4v) is 6.25. The maximum absolute atomic E-state index is 10.2. The first kappa shape index (κ1) is 10.7. The monoisotopic (exact) mass is 240 g/mol. The van der Waals surface area contributed by atoms with Gasteiger partial charge in [0.05, 0.1) is 24.4 Å². The molecule has 4 unspecified atom stereocenters. The van der Waals surface area contributed by atoms with E-state index in [0.29, 0.717) is 37.5 Å². The third-order valence-corrected chi connectivity index (χ3v) is 6.33. The van der Waals surface area contributed by atoms with Crippen LogP contribution in [0.5, 0.6) is 0 Å². The van der Waals surface area contributed by atoms with Crippen molar-refractivity contribution in [2.24, 2.45) is 29.1 Å². The smallest absolute Gasteiger partial charge is 0.0601 e. The average molecular weight is 240 g/mol. The van der Waals surface area contributed by atoms with Gasteiger partial charge in [-0.05, 0) is 42.9 Å². The van der Waals surface area contributed by atoms with E-state index in [1.54, 1.807) is 0 Å². The van der Waals surface area contributed by atoms with E-state index in [0.717, 1.165) is 0 Å². The lowest BCUT2D eigenvalue weighted by molar-refractivity contribution is -0.0425. The van der Waals surface area contributed by atoms with Gasteiger partial charge in [0.25, 0.3) is 0 Å². The molecule has 4 N–H and O–H groups in total. The Morgan fingerprint density at radius 3 is 1.18 bits per heavy atom. The summed E-state index contributed by atoms with van der Waals surface area (Å²) in [6.07, 6.45) is 0.995. The molecule has 0 saturated heterocycles. The second kappa shape index (κ2) is 3.05. The third kappa shape index (κ3) is 0.973. The molecule has 4 saturated carbocycles. The molecular weight excluding hydrogens is 220 g/mol. The van der Waals surface area contributed by atoms with Crippen LogP contribution in [0.1, 0.15) is 25.7 Å². The molecule has 4 aliphatic carbocycles. The summed E-state index contributed by atoms with van der Waals surface area (Å²) in [6, 6.07) is 0. The zero-order valence-electron chi connectivity index (χ0n) is 9.74. The molecule has 0 bridgehead atoms. The minimum Gasteiger partial charge on any atom is -0.393 e. The third-order valence-electron chi connectivity index (χ3n) is 6.33. The van der Waals surface area contributed by atoms with Crippen molar-refractivity contribution < 1.29 is 20.4 Å². The van der Waals surface area contributed by atoms with Crippen LogP contribution in [0.25, 0.3) is 0 Å². The molecule has 0 amide bonds. The average Bonchev–Trinajstić information content (AvgIpc) is 2.80. The maximum atomic E-state index is 10.2. The Balaban J connectivity index is 1.87. The van der Waals surface area contributed by atoms with E-state index < -0.39 is 24.4 Å². The first-order valence-electron chi connectivity index (χ1n) is 6.79. The van der Waals surface area contributed by atoms with Gasteiger partial charge in [-0.1, -0.05) is 0 Å². The first-order chi connectivity index (χ1) is 8.06. The molecule has 4 nitrogen and oxygen atoms in total. The molecule has 0 aromatic rings. The van der Waals surface area contributed by atoms with Crippen LogP contribution in [-0.2, 0) is 0 Å². The van der Waals surface area contributed by atoms with Gasteiger partial charge in [-0.15, -0.1) is 0 Å². The van der Waals surface area contributed by atoms with Crippen LogP contribution >= 0.6 is 0 Å². The summed E-state index contributed by atoms with van der Waals surface area (Å²) in [4.78, 5) is 0. The van der Waals surface area contributed by atoms with E-state index in [9.17, 15) is 20.4 Å². The minimum atomic E-state index is -0.444. The highest BCUT2D eigenvalue weighted by Gasteiger charge is 2.75. The number of hydrogen-bond acceptors (Lipinski definition) is 4. The summed E-state index contributed by atoms with van der Waals surface area (Å²) in [7, 11) is 0. The Morgan fingerprint density at radius 1 is 0.588 bits per heavy atom. The predicted octanol–water partition coefficient (Wildman–Crippen LogP) is -0.504. The van der Waals surface area contributed by atoms with Crippen LogP contribution in [0.2, 0.25) is 0 Å². The van der Waals surface area contributed by atoms with Gasteiger partial charge in [0, 0.05) is 11.8 Å². The highest BCUT2D eigenvalue weighted by molar-refractivity contribution is 5.23. The molecule has 4 fully saturated rings. The lowest BCUT2D eigenvalue weighted by Gasteiger charge is -2.36. The highest BCUT2D eigenvalue weighted by atomic mass is 16.3. The summed E-state index contributed by atoms with van der Waals surface area (Å²) in [5.74, 6) is 0.359. The molecule has 0 radical (unpaired) electrons. The lowest BCUT2D eigenvalue weighted by Crippen LogP contribution is -2.41. The van der Waals surface area contributed by atoms with Crippen LogP contribution in [0.4, 0.5) is 0 Å². The first-order valence-corrected chi connectivity index (χ1v) is 6.79. The molecule has 96 valence electrons. The van der Waals surface area contributed by atoms with Gasteiger partial charge < -0.3 is 20.4 Å². The Labute approximate surface area is 100 Å². The van der Waals surface area contributed by atoms with Crippen molar-refractivity contribution in [3.8, 4) is 0 Å². The Kier molecular flexibility index (Phi) is 1.92. The van der Waals surface area contributed by atoms with E-state index in [2.05, 4.69) is 0 Å². The van der Waals surface area contributed by atoms with Crippen LogP contribution < -0.4 is 0 Å². The van der Waals surface area contributed by atoms with Crippen LogP contribution in [-0.4, -0.2) is 44.8 Å². The summed E-state index contributed by atoms with van der Waals surface area (Å²) in [5.41, 5.74) is -0.169. The largest absolute Gasteiger partial charge is 0.393 e. The zero-order valence-corrected chi connectivity index (χ0v) is 9.74. The van der Waals surface area contributed by atoms with Crippen LogP contribution in [0.3, 0.4) is 0 Å². The highest BCUT2D eigenvalue weighted by Crippen LogP contribution is 2.74. The molecular formula is C13H20O4. The minimum absolute atomic E-state index is 0.114. The van der Waals surface area contributed by atoms with Crippen molar-refractivity contribution in [3.63, 3.8) is 0 Å². The fraction of sp³-hybridized carbons (Fsp3) is 1.00. The lowest BCUT2D eigenvalue weighted by atomic mass is 9.68. The Hall–Kier alpha value is -0.160. The van der Waals surface area contributed by atoms with Gasteiger partial charge in [-0.3, -0.25) is 0 Å². The topological polar surface area (TPSA) is 80.9 Å². The van der Waals surface area contributed by atoms with Crippen molar-refractivity contribution in [3.05, 3.63) is 0 Å². The summed E-state index contributed by atoms with van der Waals surface area (Å²) in [6.45, 7) is 0. The normalized spacial score (nSPS) is 68.5. The standard InChI is InChI=1S/C13H20O4/c14-7-1-5-2-8(15)12-10(17)4-6-3-9(16)11(7)13(5,6)12/h5-12,14-17H,1-4H2. The molecule has 0 heterocycles. The second-order valence-electron chi connectivity index (χ2n) is 6.66. The number of rotatable bonds is 0. The van der Waals surface area contributed by atoms with Crippen molar-refractivity contribution in [1.82, 2.24) is 0 Å².